The van der Waals surface area contributed by atoms with Crippen molar-refractivity contribution in [1.82, 2.24) is 14.7 Å². The van der Waals surface area contributed by atoms with Crippen molar-refractivity contribution in [2.24, 2.45) is 0 Å². The molecule has 96 valence electrons. The first kappa shape index (κ1) is 16.0. The summed E-state index contributed by atoms with van der Waals surface area (Å²) in [7, 11) is 11.1. The van der Waals surface area contributed by atoms with Gasteiger partial charge in [0, 0.05) is 42.3 Å². The zero-order valence-electron chi connectivity index (χ0n) is 11.0. The molecular weight excluding hydrogens is 259 g/mol. The summed E-state index contributed by atoms with van der Waals surface area (Å²) in [5.74, 6) is 0.781. The van der Waals surface area contributed by atoms with Crippen LogP contribution in [0.1, 0.15) is 0 Å². The van der Waals surface area contributed by atoms with Gasteiger partial charge in [-0.1, -0.05) is 23.2 Å². The Morgan fingerprint density at radius 3 is 1.53 bits per heavy atom. The van der Waals surface area contributed by atoms with E-state index in [1.165, 1.54) is 0 Å². The third kappa shape index (κ3) is 4.03. The van der Waals surface area contributed by atoms with Gasteiger partial charge < -0.3 is 14.7 Å². The van der Waals surface area contributed by atoms with E-state index in [0.717, 1.165) is 5.82 Å². The second-order valence-electron chi connectivity index (χ2n) is 4.10. The Labute approximate surface area is 113 Å². The lowest BCUT2D eigenvalue weighted by Gasteiger charge is -2.28. The molecule has 4 nitrogen and oxygen atoms in total. The molecule has 0 rings (SSSR count). The van der Waals surface area contributed by atoms with Crippen LogP contribution in [0.2, 0.25) is 0 Å². The Hall–Kier alpha value is -1.05. The van der Waals surface area contributed by atoms with Gasteiger partial charge in [0.05, 0.1) is 5.70 Å². The second kappa shape index (κ2) is 6.63. The second-order valence-corrected chi connectivity index (χ2v) is 4.85. The van der Waals surface area contributed by atoms with E-state index >= 15 is 0 Å². The standard InChI is InChI=1S/C11H18Cl2N4/c1-15(2)10(8(12)7-14)9(13)11(16(3)4)17(5)6/h1-6H3/b10-8-. The summed E-state index contributed by atoms with van der Waals surface area (Å²) in [5.41, 5.74) is 0.508. The van der Waals surface area contributed by atoms with Crippen LogP contribution < -0.4 is 0 Å². The van der Waals surface area contributed by atoms with Gasteiger partial charge in [0.1, 0.15) is 22.0 Å². The zero-order valence-corrected chi connectivity index (χ0v) is 12.6. The highest BCUT2D eigenvalue weighted by Crippen LogP contribution is 2.27. The Kier molecular flexibility index (Phi) is 6.22. The number of halogens is 2. The molecule has 0 aliphatic carbocycles. The van der Waals surface area contributed by atoms with E-state index in [-0.39, 0.29) is 5.03 Å². The van der Waals surface area contributed by atoms with Crippen LogP contribution in [0.3, 0.4) is 0 Å². The minimum Gasteiger partial charge on any atom is -0.375 e. The van der Waals surface area contributed by atoms with Crippen molar-refractivity contribution < 1.29 is 0 Å². The average molecular weight is 277 g/mol. The molecule has 0 N–H and O–H groups in total. The maximum atomic E-state index is 8.89. The third-order valence-electron chi connectivity index (χ3n) is 2.00. The molecule has 6 heteroatoms. The minimum atomic E-state index is 0.0706. The van der Waals surface area contributed by atoms with Gasteiger partial charge in [-0.25, -0.2) is 0 Å². The normalized spacial score (nSPS) is 11.2. The highest BCUT2D eigenvalue weighted by Gasteiger charge is 2.18. The Balaban J connectivity index is 5.88. The molecule has 0 aromatic carbocycles. The highest BCUT2D eigenvalue weighted by molar-refractivity contribution is 6.36. The molecule has 0 saturated carbocycles. The van der Waals surface area contributed by atoms with Gasteiger partial charge in [-0.3, -0.25) is 0 Å². The van der Waals surface area contributed by atoms with Crippen molar-refractivity contribution in [3.05, 3.63) is 21.6 Å². The summed E-state index contributed by atoms with van der Waals surface area (Å²) < 4.78 is 0. The van der Waals surface area contributed by atoms with Crippen LogP contribution in [0.4, 0.5) is 0 Å². The molecule has 0 saturated heterocycles. The fourth-order valence-electron chi connectivity index (χ4n) is 1.44. The van der Waals surface area contributed by atoms with Crippen LogP contribution >= 0.6 is 23.2 Å². The van der Waals surface area contributed by atoms with E-state index in [1.54, 1.807) is 19.0 Å². The number of nitrogens with zero attached hydrogens (tertiary/aromatic N) is 4. The molecule has 0 fully saturated rings. The highest BCUT2D eigenvalue weighted by atomic mass is 35.5. The summed E-state index contributed by atoms with van der Waals surface area (Å²) in [5, 5.41) is 9.40. The van der Waals surface area contributed by atoms with E-state index in [0.29, 0.717) is 10.7 Å². The van der Waals surface area contributed by atoms with Crippen molar-refractivity contribution in [2.75, 3.05) is 42.3 Å². The van der Waals surface area contributed by atoms with Crippen LogP contribution in [-0.2, 0) is 0 Å². The molecule has 0 aromatic heterocycles. The lowest BCUT2D eigenvalue weighted by atomic mass is 10.3. The maximum absolute atomic E-state index is 8.89. The van der Waals surface area contributed by atoms with Gasteiger partial charge in [0.25, 0.3) is 0 Å². The molecule has 0 radical (unpaired) electrons. The summed E-state index contributed by atoms with van der Waals surface area (Å²) in [4.78, 5) is 5.46. The Bertz CT molecular complexity index is 365. The van der Waals surface area contributed by atoms with Crippen molar-refractivity contribution in [2.45, 2.75) is 0 Å². The number of likely N-dealkylation sites (N-methyl/N-ethyl adjacent to an activating group) is 1. The summed E-state index contributed by atoms with van der Waals surface area (Å²) in [6, 6.07) is 1.91. The maximum Gasteiger partial charge on any atom is 0.143 e. The number of rotatable bonds is 4. The van der Waals surface area contributed by atoms with Crippen LogP contribution in [0.5, 0.6) is 0 Å². The minimum absolute atomic E-state index is 0.0706. The number of hydrogen-bond acceptors (Lipinski definition) is 4. The summed E-state index contributed by atoms with van der Waals surface area (Å²) in [6.07, 6.45) is 0. The molecule has 0 amide bonds. The van der Waals surface area contributed by atoms with Crippen molar-refractivity contribution in [3.63, 3.8) is 0 Å². The van der Waals surface area contributed by atoms with Gasteiger partial charge in [-0.05, 0) is 0 Å². The van der Waals surface area contributed by atoms with E-state index < -0.39 is 0 Å². The van der Waals surface area contributed by atoms with Crippen molar-refractivity contribution in [3.8, 4) is 6.07 Å². The molecule has 0 aliphatic rings. The van der Waals surface area contributed by atoms with E-state index in [1.807, 2.05) is 44.1 Å². The lowest BCUT2D eigenvalue weighted by molar-refractivity contribution is 0.337. The monoisotopic (exact) mass is 276 g/mol. The first-order valence-corrected chi connectivity index (χ1v) is 5.71. The molecule has 0 unspecified atom stereocenters. The molecule has 17 heavy (non-hydrogen) atoms. The fourth-order valence-corrected chi connectivity index (χ4v) is 2.35. The Morgan fingerprint density at radius 1 is 0.882 bits per heavy atom. The van der Waals surface area contributed by atoms with Crippen LogP contribution in [0.15, 0.2) is 21.6 Å². The zero-order chi connectivity index (χ0) is 13.7. The summed E-state index contributed by atoms with van der Waals surface area (Å²) >= 11 is 12.2. The SMILES string of the molecule is CN(C)C(=C(Cl)/C(=C(/Cl)C#N)N(C)C)N(C)C. The van der Waals surface area contributed by atoms with Gasteiger partial charge in [0.2, 0.25) is 0 Å². The third-order valence-corrected chi connectivity index (χ3v) is 2.62. The van der Waals surface area contributed by atoms with Crippen molar-refractivity contribution in [1.29, 1.82) is 5.26 Å². The summed E-state index contributed by atoms with van der Waals surface area (Å²) in [6.45, 7) is 0. The fraction of sp³-hybridized carbons (Fsp3) is 0.545. The molecular formula is C11H18Cl2N4. The topological polar surface area (TPSA) is 33.5 Å². The van der Waals surface area contributed by atoms with Crippen LogP contribution in [0, 0.1) is 11.3 Å². The van der Waals surface area contributed by atoms with Gasteiger partial charge in [0.15, 0.2) is 0 Å². The molecule has 0 spiro atoms. The van der Waals surface area contributed by atoms with Crippen molar-refractivity contribution >= 4 is 23.2 Å². The predicted octanol–water partition coefficient (Wildman–Crippen LogP) is 2.05. The van der Waals surface area contributed by atoms with Crippen LogP contribution in [-0.4, -0.2) is 57.0 Å². The van der Waals surface area contributed by atoms with E-state index in [9.17, 15) is 0 Å². The van der Waals surface area contributed by atoms with Gasteiger partial charge >= 0.3 is 0 Å². The quantitative estimate of drug-likeness (QED) is 0.582. The first-order chi connectivity index (χ1) is 7.73. The molecule has 0 bridgehead atoms. The van der Waals surface area contributed by atoms with E-state index in [4.69, 9.17) is 28.5 Å². The number of nitriles is 1. The average Bonchev–Trinajstić information content (AvgIpc) is 2.15. The lowest BCUT2D eigenvalue weighted by Crippen LogP contribution is -2.27. The molecule has 0 atom stereocenters. The van der Waals surface area contributed by atoms with Gasteiger partial charge in [-0.15, -0.1) is 0 Å². The predicted molar refractivity (Wildman–Crippen MR) is 72.4 cm³/mol. The van der Waals surface area contributed by atoms with Crippen LogP contribution in [0.25, 0.3) is 0 Å². The number of hydrogen-bond donors (Lipinski definition) is 0. The molecule has 0 aliphatic heterocycles. The first-order valence-electron chi connectivity index (χ1n) is 4.96. The smallest absolute Gasteiger partial charge is 0.143 e. The molecule has 0 aromatic rings. The number of allylic oxidation sites excluding steroid dienone is 2. The molecule has 0 heterocycles. The Morgan fingerprint density at radius 2 is 1.29 bits per heavy atom. The largest absolute Gasteiger partial charge is 0.375 e. The van der Waals surface area contributed by atoms with Gasteiger partial charge in [-0.2, -0.15) is 5.26 Å². The van der Waals surface area contributed by atoms with E-state index in [2.05, 4.69) is 0 Å².